The lowest BCUT2D eigenvalue weighted by Gasteiger charge is -2.29. The summed E-state index contributed by atoms with van der Waals surface area (Å²) in [5.41, 5.74) is 3.86. The number of carbonyl (C=O) groups is 2. The first kappa shape index (κ1) is 28.2. The maximum Gasteiger partial charge on any atom is 0.270 e. The van der Waals surface area contributed by atoms with Gasteiger partial charge in [-0.15, -0.1) is 0 Å². The Hall–Kier alpha value is -5.38. The molecule has 0 bridgehead atoms. The molecule has 10 heteroatoms. The number of nitro groups is 2. The van der Waals surface area contributed by atoms with Crippen LogP contribution in [0.25, 0.3) is 0 Å². The van der Waals surface area contributed by atoms with E-state index >= 15 is 0 Å². The van der Waals surface area contributed by atoms with Crippen molar-refractivity contribution < 1.29 is 19.4 Å². The van der Waals surface area contributed by atoms with Crippen molar-refractivity contribution in [3.63, 3.8) is 0 Å². The SMILES string of the molecule is CC1(C)CC(C)(c2ccc(NC(=O)c3cccc([N+](=O)[O-])c3)cc2)c2cc(NC(=O)c3cccc([N+](=O)[O-])c3)ccc21. The molecule has 4 aromatic carbocycles. The van der Waals surface area contributed by atoms with E-state index < -0.39 is 27.1 Å². The van der Waals surface area contributed by atoms with E-state index in [0.29, 0.717) is 11.4 Å². The number of fused-ring (bicyclic) bond motifs is 1. The summed E-state index contributed by atoms with van der Waals surface area (Å²) in [6.45, 7) is 6.49. The number of rotatable bonds is 7. The third kappa shape index (κ3) is 5.34. The number of nitrogens with one attached hydrogen (secondary N) is 2. The highest BCUT2D eigenvalue weighted by atomic mass is 16.6. The van der Waals surface area contributed by atoms with Gasteiger partial charge in [0.05, 0.1) is 9.85 Å². The lowest BCUT2D eigenvalue weighted by atomic mass is 9.75. The van der Waals surface area contributed by atoms with Gasteiger partial charge in [0.25, 0.3) is 23.2 Å². The number of non-ortho nitro benzene ring substituents is 2. The second-order valence-electron chi connectivity index (χ2n) is 11.3. The molecular formula is C32H28N4O6. The van der Waals surface area contributed by atoms with Crippen LogP contribution in [-0.4, -0.2) is 21.7 Å². The number of benzene rings is 4. The molecule has 0 saturated carbocycles. The first-order valence-electron chi connectivity index (χ1n) is 13.2. The van der Waals surface area contributed by atoms with Crippen molar-refractivity contribution in [2.45, 2.75) is 38.0 Å². The summed E-state index contributed by atoms with van der Waals surface area (Å²) in [5, 5.41) is 27.9. The van der Waals surface area contributed by atoms with Crippen LogP contribution in [0.1, 0.15) is 64.6 Å². The summed E-state index contributed by atoms with van der Waals surface area (Å²) >= 11 is 0. The molecule has 2 N–H and O–H groups in total. The smallest absolute Gasteiger partial charge is 0.270 e. The fourth-order valence-corrected chi connectivity index (χ4v) is 5.85. The molecule has 0 fully saturated rings. The van der Waals surface area contributed by atoms with E-state index in [0.717, 1.165) is 23.1 Å². The Bertz CT molecular complexity index is 1750. The molecule has 212 valence electrons. The van der Waals surface area contributed by atoms with Gasteiger partial charge in [0.15, 0.2) is 0 Å². The van der Waals surface area contributed by atoms with Gasteiger partial charge in [-0.25, -0.2) is 0 Å². The average molecular weight is 565 g/mol. The maximum absolute atomic E-state index is 12.9. The van der Waals surface area contributed by atoms with Crippen LogP contribution in [-0.2, 0) is 10.8 Å². The number of hydrogen-bond donors (Lipinski definition) is 2. The van der Waals surface area contributed by atoms with Crippen molar-refractivity contribution in [3.05, 3.63) is 139 Å². The lowest BCUT2D eigenvalue weighted by Crippen LogP contribution is -2.23. The second-order valence-corrected chi connectivity index (χ2v) is 11.3. The Kier molecular flexibility index (Phi) is 7.07. The van der Waals surface area contributed by atoms with Gasteiger partial charge in [-0.3, -0.25) is 29.8 Å². The van der Waals surface area contributed by atoms with E-state index in [4.69, 9.17) is 0 Å². The Labute approximate surface area is 241 Å². The van der Waals surface area contributed by atoms with E-state index in [2.05, 4.69) is 31.4 Å². The van der Waals surface area contributed by atoms with Gasteiger partial charge < -0.3 is 10.6 Å². The van der Waals surface area contributed by atoms with Gasteiger partial charge in [-0.1, -0.05) is 51.1 Å². The molecule has 1 unspecified atom stereocenters. The first-order chi connectivity index (χ1) is 19.9. The normalized spacial score (nSPS) is 16.7. The van der Waals surface area contributed by atoms with E-state index in [1.54, 1.807) is 12.1 Å². The highest BCUT2D eigenvalue weighted by Crippen LogP contribution is 2.53. The summed E-state index contributed by atoms with van der Waals surface area (Å²) in [5.74, 6) is -0.893. The minimum atomic E-state index is -0.544. The molecule has 2 amide bonds. The second kappa shape index (κ2) is 10.5. The highest BCUT2D eigenvalue weighted by molar-refractivity contribution is 6.05. The topological polar surface area (TPSA) is 144 Å². The van der Waals surface area contributed by atoms with Crippen molar-refractivity contribution in [3.8, 4) is 0 Å². The summed E-state index contributed by atoms with van der Waals surface area (Å²) in [6.07, 6.45) is 0.803. The van der Waals surface area contributed by atoms with Crippen LogP contribution in [0.15, 0.2) is 91.0 Å². The summed E-state index contributed by atoms with van der Waals surface area (Å²) in [7, 11) is 0. The number of anilines is 2. The fourth-order valence-electron chi connectivity index (χ4n) is 5.85. The Morgan fingerprint density at radius 1 is 0.667 bits per heavy atom. The van der Waals surface area contributed by atoms with E-state index in [9.17, 15) is 29.8 Å². The molecule has 10 nitrogen and oxygen atoms in total. The largest absolute Gasteiger partial charge is 0.322 e. The molecule has 0 saturated heterocycles. The number of carbonyl (C=O) groups excluding carboxylic acids is 2. The van der Waals surface area contributed by atoms with Gasteiger partial charge in [0, 0.05) is 52.2 Å². The van der Waals surface area contributed by atoms with Crippen LogP contribution in [0, 0.1) is 20.2 Å². The Morgan fingerprint density at radius 3 is 1.69 bits per heavy atom. The van der Waals surface area contributed by atoms with Gasteiger partial charge >= 0.3 is 0 Å². The predicted octanol–water partition coefficient (Wildman–Crippen LogP) is 6.99. The van der Waals surface area contributed by atoms with E-state index in [1.807, 2.05) is 30.3 Å². The third-order valence-corrected chi connectivity index (χ3v) is 7.81. The van der Waals surface area contributed by atoms with Crippen LogP contribution in [0.3, 0.4) is 0 Å². The van der Waals surface area contributed by atoms with Crippen LogP contribution < -0.4 is 10.6 Å². The summed E-state index contributed by atoms with van der Waals surface area (Å²) < 4.78 is 0. The highest BCUT2D eigenvalue weighted by Gasteiger charge is 2.45. The molecule has 0 radical (unpaired) electrons. The molecule has 42 heavy (non-hydrogen) atoms. The van der Waals surface area contributed by atoms with Crippen LogP contribution in [0.2, 0.25) is 0 Å². The van der Waals surface area contributed by atoms with Crippen LogP contribution >= 0.6 is 0 Å². The van der Waals surface area contributed by atoms with Crippen molar-refractivity contribution in [2.75, 3.05) is 10.6 Å². The van der Waals surface area contributed by atoms with Gasteiger partial charge in [0.2, 0.25) is 0 Å². The number of amides is 2. The molecule has 0 aromatic heterocycles. The summed E-state index contributed by atoms with van der Waals surface area (Å²) in [4.78, 5) is 46.8. The van der Waals surface area contributed by atoms with Crippen molar-refractivity contribution >= 4 is 34.6 Å². The molecule has 4 aromatic rings. The molecule has 1 aliphatic carbocycles. The zero-order valence-corrected chi connectivity index (χ0v) is 23.2. The zero-order valence-electron chi connectivity index (χ0n) is 23.2. The Morgan fingerprint density at radius 2 is 1.17 bits per heavy atom. The maximum atomic E-state index is 12.9. The first-order valence-corrected chi connectivity index (χ1v) is 13.2. The van der Waals surface area contributed by atoms with Gasteiger partial charge in [-0.2, -0.15) is 0 Å². The molecule has 1 atom stereocenters. The predicted molar refractivity (Wildman–Crippen MR) is 159 cm³/mol. The monoisotopic (exact) mass is 564 g/mol. The minimum absolute atomic E-state index is 0.151. The van der Waals surface area contributed by atoms with Crippen molar-refractivity contribution in [2.24, 2.45) is 0 Å². The van der Waals surface area contributed by atoms with E-state index in [-0.39, 0.29) is 27.9 Å². The number of nitro benzene ring substituents is 2. The third-order valence-electron chi connectivity index (χ3n) is 7.81. The Balaban J connectivity index is 1.39. The molecule has 1 aliphatic rings. The molecule has 5 rings (SSSR count). The summed E-state index contributed by atoms with van der Waals surface area (Å²) in [6, 6.07) is 24.4. The quantitative estimate of drug-likeness (QED) is 0.183. The van der Waals surface area contributed by atoms with Crippen molar-refractivity contribution in [1.82, 2.24) is 0 Å². The van der Waals surface area contributed by atoms with Crippen LogP contribution in [0.5, 0.6) is 0 Å². The lowest BCUT2D eigenvalue weighted by molar-refractivity contribution is -0.385. The fraction of sp³-hybridized carbons (Fsp3) is 0.188. The molecule has 0 spiro atoms. The standard InChI is InChI=1S/C32H28N4O6/c1-31(2)19-32(3,22-10-12-23(13-11-22)33-29(37)20-6-4-8-25(16-20)35(39)40)28-18-24(14-15-27(28)31)34-30(38)21-7-5-9-26(17-21)36(41)42/h4-18H,19H2,1-3H3,(H,33,37)(H,34,38). The van der Waals surface area contributed by atoms with Crippen LogP contribution in [0.4, 0.5) is 22.7 Å². The van der Waals surface area contributed by atoms with Gasteiger partial charge in [0.1, 0.15) is 0 Å². The average Bonchev–Trinajstić information content (AvgIpc) is 3.18. The number of hydrogen-bond acceptors (Lipinski definition) is 6. The van der Waals surface area contributed by atoms with Crippen molar-refractivity contribution in [1.29, 1.82) is 0 Å². The van der Waals surface area contributed by atoms with E-state index in [1.165, 1.54) is 48.5 Å². The molecule has 0 aliphatic heterocycles. The number of nitrogens with zero attached hydrogens (tertiary/aromatic N) is 2. The minimum Gasteiger partial charge on any atom is -0.322 e. The zero-order chi connectivity index (χ0) is 30.2. The molecule has 0 heterocycles. The van der Waals surface area contributed by atoms with Gasteiger partial charge in [-0.05, 0) is 64.9 Å². The molecular weight excluding hydrogens is 536 g/mol.